The number of carbonyl (C=O) groups excluding carboxylic acids is 2. The molecule has 8 heteroatoms. The number of hydrogen-bond donors (Lipinski definition) is 1. The minimum Gasteiger partial charge on any atom is -0.339 e. The lowest BCUT2D eigenvalue weighted by Crippen LogP contribution is -2.28. The maximum Gasteiger partial charge on any atom is 0.254 e. The first-order chi connectivity index (χ1) is 15.7. The van der Waals surface area contributed by atoms with E-state index in [0.29, 0.717) is 17.2 Å². The van der Waals surface area contributed by atoms with E-state index in [2.05, 4.69) is 20.4 Å². The van der Waals surface area contributed by atoms with E-state index in [1.807, 2.05) is 63.8 Å². The number of benzene rings is 1. The summed E-state index contributed by atoms with van der Waals surface area (Å²) in [5, 5.41) is 7.57. The second-order valence-corrected chi connectivity index (χ2v) is 8.71. The minimum atomic E-state index is -0.157. The van der Waals surface area contributed by atoms with E-state index in [0.717, 1.165) is 59.8 Å². The van der Waals surface area contributed by atoms with Crippen LogP contribution in [-0.2, 0) is 11.2 Å². The van der Waals surface area contributed by atoms with Crippen LogP contribution >= 0.6 is 0 Å². The van der Waals surface area contributed by atoms with Gasteiger partial charge in [-0.1, -0.05) is 6.07 Å². The van der Waals surface area contributed by atoms with Crippen LogP contribution in [0.1, 0.15) is 57.1 Å². The quantitative estimate of drug-likeness (QED) is 0.646. The van der Waals surface area contributed by atoms with Gasteiger partial charge >= 0.3 is 0 Å². The second kappa shape index (κ2) is 9.13. The molecule has 1 aromatic carbocycles. The maximum atomic E-state index is 13.0. The smallest absolute Gasteiger partial charge is 0.254 e. The Labute approximate surface area is 194 Å². The molecule has 1 fully saturated rings. The highest BCUT2D eigenvalue weighted by atomic mass is 16.2. The molecule has 0 unspecified atom stereocenters. The highest BCUT2D eigenvalue weighted by Gasteiger charge is 2.23. The maximum absolute atomic E-state index is 13.0. The normalized spacial score (nSPS) is 13.4. The number of amides is 2. The third kappa shape index (κ3) is 4.65. The fraction of sp³-hybridized carbons (Fsp3) is 0.400. The Morgan fingerprint density at radius 1 is 1.00 bits per heavy atom. The average molecular weight is 447 g/mol. The first-order valence-corrected chi connectivity index (χ1v) is 11.3. The van der Waals surface area contributed by atoms with Crippen molar-refractivity contribution in [1.82, 2.24) is 24.6 Å². The number of rotatable bonds is 5. The molecule has 1 aliphatic heterocycles. The summed E-state index contributed by atoms with van der Waals surface area (Å²) in [5.41, 5.74) is 6.26. The van der Waals surface area contributed by atoms with E-state index in [9.17, 15) is 9.59 Å². The van der Waals surface area contributed by atoms with E-state index in [1.54, 1.807) is 4.68 Å². The molecule has 1 N–H and O–H groups in total. The molecule has 0 spiro atoms. The standard InChI is InChI=1S/C25H30N6O2/c1-15-13-16(2)27-25(26-15)31-19(5)21(18(4)29-31)14-23(32)28-22-10-8-9-20(17(22)3)24(33)30-11-6-7-12-30/h8-10,13H,6-7,11-12,14H2,1-5H3,(H,28,32). The predicted octanol–water partition coefficient (Wildman–Crippen LogP) is 3.62. The van der Waals surface area contributed by atoms with Gasteiger partial charge in [0.05, 0.1) is 12.1 Å². The van der Waals surface area contributed by atoms with Gasteiger partial charge in [0.2, 0.25) is 5.91 Å². The third-order valence-electron chi connectivity index (χ3n) is 6.17. The molecule has 3 heterocycles. The van der Waals surface area contributed by atoms with Gasteiger partial charge in [0, 0.05) is 47.0 Å². The fourth-order valence-electron chi connectivity index (χ4n) is 4.38. The largest absolute Gasteiger partial charge is 0.339 e. The van der Waals surface area contributed by atoms with Gasteiger partial charge in [-0.05, 0) is 71.2 Å². The molecule has 172 valence electrons. The lowest BCUT2D eigenvalue weighted by molar-refractivity contribution is -0.115. The molecule has 3 aromatic rings. The first-order valence-electron chi connectivity index (χ1n) is 11.3. The zero-order valence-corrected chi connectivity index (χ0v) is 19.9. The first kappa shape index (κ1) is 22.6. The summed E-state index contributed by atoms with van der Waals surface area (Å²) >= 11 is 0. The number of aromatic nitrogens is 4. The minimum absolute atomic E-state index is 0.0301. The lowest BCUT2D eigenvalue weighted by Gasteiger charge is -2.18. The number of nitrogens with zero attached hydrogens (tertiary/aromatic N) is 5. The van der Waals surface area contributed by atoms with Gasteiger partial charge in [0.1, 0.15) is 0 Å². The van der Waals surface area contributed by atoms with Crippen LogP contribution in [0.15, 0.2) is 24.3 Å². The lowest BCUT2D eigenvalue weighted by atomic mass is 10.0. The molecule has 1 aliphatic rings. The molecule has 0 saturated carbocycles. The van der Waals surface area contributed by atoms with Crippen LogP contribution in [0.4, 0.5) is 5.69 Å². The van der Waals surface area contributed by atoms with Crippen LogP contribution in [0.2, 0.25) is 0 Å². The summed E-state index contributed by atoms with van der Waals surface area (Å²) in [6.45, 7) is 11.1. The van der Waals surface area contributed by atoms with Crippen molar-refractivity contribution in [3.8, 4) is 5.95 Å². The van der Waals surface area contributed by atoms with Crippen molar-refractivity contribution < 1.29 is 9.59 Å². The van der Waals surface area contributed by atoms with E-state index in [-0.39, 0.29) is 18.2 Å². The van der Waals surface area contributed by atoms with Gasteiger partial charge in [-0.3, -0.25) is 9.59 Å². The van der Waals surface area contributed by atoms with E-state index in [1.165, 1.54) is 0 Å². The zero-order chi connectivity index (χ0) is 23.7. The molecule has 0 aliphatic carbocycles. The summed E-state index contributed by atoms with van der Waals surface area (Å²) in [6, 6.07) is 7.39. The number of carbonyl (C=O) groups is 2. The molecule has 8 nitrogen and oxygen atoms in total. The van der Waals surface area contributed by atoms with Crippen molar-refractivity contribution in [2.24, 2.45) is 0 Å². The summed E-state index contributed by atoms with van der Waals surface area (Å²) < 4.78 is 1.69. The molecule has 0 atom stereocenters. The van der Waals surface area contributed by atoms with Gasteiger partial charge in [0.15, 0.2) is 0 Å². The second-order valence-electron chi connectivity index (χ2n) is 8.71. The molecule has 1 saturated heterocycles. The number of likely N-dealkylation sites (tertiary alicyclic amines) is 1. The van der Waals surface area contributed by atoms with Crippen LogP contribution < -0.4 is 5.32 Å². The Balaban J connectivity index is 1.53. The highest BCUT2D eigenvalue weighted by Crippen LogP contribution is 2.23. The van der Waals surface area contributed by atoms with Crippen molar-refractivity contribution in [1.29, 1.82) is 0 Å². The summed E-state index contributed by atoms with van der Waals surface area (Å²) in [6.07, 6.45) is 2.26. The molecule has 4 rings (SSSR count). The molecule has 0 radical (unpaired) electrons. The Kier molecular flexibility index (Phi) is 6.26. The average Bonchev–Trinajstić information content (AvgIpc) is 3.39. The van der Waals surface area contributed by atoms with Gasteiger partial charge in [-0.25, -0.2) is 14.6 Å². The molecule has 33 heavy (non-hydrogen) atoms. The topological polar surface area (TPSA) is 93.0 Å². The number of nitrogens with one attached hydrogen (secondary N) is 1. The summed E-state index contributed by atoms with van der Waals surface area (Å²) in [5.74, 6) is 0.377. The summed E-state index contributed by atoms with van der Waals surface area (Å²) in [4.78, 5) is 36.7. The van der Waals surface area contributed by atoms with Crippen LogP contribution in [0, 0.1) is 34.6 Å². The van der Waals surface area contributed by atoms with Crippen LogP contribution in [-0.4, -0.2) is 49.6 Å². The Morgan fingerprint density at radius 2 is 1.67 bits per heavy atom. The number of anilines is 1. The number of hydrogen-bond acceptors (Lipinski definition) is 5. The van der Waals surface area contributed by atoms with Crippen LogP contribution in [0.5, 0.6) is 0 Å². The third-order valence-corrected chi connectivity index (χ3v) is 6.17. The van der Waals surface area contributed by atoms with Gasteiger partial charge in [-0.15, -0.1) is 0 Å². The van der Waals surface area contributed by atoms with Crippen LogP contribution in [0.25, 0.3) is 5.95 Å². The van der Waals surface area contributed by atoms with Crippen molar-refractivity contribution in [3.05, 3.63) is 63.7 Å². The molecule has 2 amide bonds. The van der Waals surface area contributed by atoms with Crippen molar-refractivity contribution in [2.45, 2.75) is 53.9 Å². The Morgan fingerprint density at radius 3 is 2.33 bits per heavy atom. The van der Waals surface area contributed by atoms with E-state index < -0.39 is 0 Å². The SMILES string of the molecule is Cc1cc(C)nc(-n2nc(C)c(CC(=O)Nc3cccc(C(=O)N4CCCC4)c3C)c2C)n1. The van der Waals surface area contributed by atoms with E-state index in [4.69, 9.17) is 0 Å². The fourth-order valence-corrected chi connectivity index (χ4v) is 4.38. The highest BCUT2D eigenvalue weighted by molar-refractivity contribution is 5.99. The van der Waals surface area contributed by atoms with Gasteiger partial charge in [0.25, 0.3) is 11.9 Å². The van der Waals surface area contributed by atoms with Gasteiger partial charge < -0.3 is 10.2 Å². The molecule has 0 bridgehead atoms. The molecule has 2 aromatic heterocycles. The summed E-state index contributed by atoms with van der Waals surface area (Å²) in [7, 11) is 0. The van der Waals surface area contributed by atoms with Gasteiger partial charge in [-0.2, -0.15) is 5.10 Å². The van der Waals surface area contributed by atoms with Crippen molar-refractivity contribution >= 4 is 17.5 Å². The molecular weight excluding hydrogens is 416 g/mol. The predicted molar refractivity (Wildman–Crippen MR) is 127 cm³/mol. The molecular formula is C25H30N6O2. The monoisotopic (exact) mass is 446 g/mol. The van der Waals surface area contributed by atoms with Crippen LogP contribution in [0.3, 0.4) is 0 Å². The van der Waals surface area contributed by atoms with E-state index >= 15 is 0 Å². The Hall–Kier alpha value is -3.55. The zero-order valence-electron chi connectivity index (χ0n) is 19.9. The Bertz CT molecular complexity index is 1200. The van der Waals surface area contributed by atoms with Crippen molar-refractivity contribution in [3.63, 3.8) is 0 Å². The van der Waals surface area contributed by atoms with Crippen molar-refractivity contribution in [2.75, 3.05) is 18.4 Å². The number of aryl methyl sites for hydroxylation is 3.